The first-order valence-electron chi connectivity index (χ1n) is 5.03. The van der Waals surface area contributed by atoms with Crippen molar-refractivity contribution in [2.75, 3.05) is 6.61 Å². The van der Waals surface area contributed by atoms with Gasteiger partial charge in [0.25, 0.3) is 0 Å². The maximum atomic E-state index is 9.58. The number of ether oxygens (including phenoxy) is 1. The van der Waals surface area contributed by atoms with Gasteiger partial charge in [-0.2, -0.15) is 0 Å². The van der Waals surface area contributed by atoms with E-state index in [1.54, 1.807) is 6.08 Å². The van der Waals surface area contributed by atoms with Crippen LogP contribution in [0.25, 0.3) is 0 Å². The fourth-order valence-corrected chi connectivity index (χ4v) is 1.75. The molecule has 0 amide bonds. The lowest BCUT2D eigenvalue weighted by atomic mass is 9.92. The molecule has 0 aliphatic carbocycles. The van der Waals surface area contributed by atoms with E-state index in [9.17, 15) is 15.3 Å². The highest BCUT2D eigenvalue weighted by Crippen LogP contribution is 2.24. The summed E-state index contributed by atoms with van der Waals surface area (Å²) in [5.41, 5.74) is 0. The highest BCUT2D eigenvalue weighted by Gasteiger charge is 2.42. The molecule has 0 aromatic carbocycles. The van der Waals surface area contributed by atoms with Crippen LogP contribution >= 0.6 is 0 Å². The van der Waals surface area contributed by atoms with E-state index in [2.05, 4.69) is 6.58 Å². The fourth-order valence-electron chi connectivity index (χ4n) is 1.75. The minimum atomic E-state index is -1.24. The van der Waals surface area contributed by atoms with Gasteiger partial charge in [0.05, 0.1) is 12.2 Å². The summed E-state index contributed by atoms with van der Waals surface area (Å²) in [4.78, 5) is 0. The van der Waals surface area contributed by atoms with Gasteiger partial charge in [0.1, 0.15) is 18.3 Å². The van der Waals surface area contributed by atoms with E-state index in [0.717, 1.165) is 0 Å². The molecule has 5 atom stereocenters. The lowest BCUT2D eigenvalue weighted by Gasteiger charge is -2.40. The molecule has 1 aliphatic heterocycles. The molecule has 88 valence electrons. The molecule has 1 saturated heterocycles. The van der Waals surface area contributed by atoms with Crippen LogP contribution in [0.1, 0.15) is 12.8 Å². The summed E-state index contributed by atoms with van der Waals surface area (Å²) in [5.74, 6) is 0. The van der Waals surface area contributed by atoms with Gasteiger partial charge in [0, 0.05) is 6.61 Å². The van der Waals surface area contributed by atoms with Gasteiger partial charge in [-0.15, -0.1) is 6.58 Å². The smallest absolute Gasteiger partial charge is 0.111 e. The topological polar surface area (TPSA) is 90.2 Å². The van der Waals surface area contributed by atoms with E-state index in [4.69, 9.17) is 9.84 Å². The Bertz CT molecular complexity index is 208. The van der Waals surface area contributed by atoms with Crippen molar-refractivity contribution < 1.29 is 25.2 Å². The van der Waals surface area contributed by atoms with E-state index in [-0.39, 0.29) is 13.0 Å². The van der Waals surface area contributed by atoms with Gasteiger partial charge in [-0.1, -0.05) is 6.08 Å². The van der Waals surface area contributed by atoms with Gasteiger partial charge in [0.15, 0.2) is 0 Å². The molecule has 1 aliphatic rings. The lowest BCUT2D eigenvalue weighted by molar-refractivity contribution is -0.223. The normalized spacial score (nSPS) is 41.5. The summed E-state index contributed by atoms with van der Waals surface area (Å²) in [6, 6.07) is 0. The van der Waals surface area contributed by atoms with Crippen LogP contribution < -0.4 is 0 Å². The van der Waals surface area contributed by atoms with Crippen LogP contribution in [0.5, 0.6) is 0 Å². The molecular weight excluding hydrogens is 200 g/mol. The molecule has 5 nitrogen and oxygen atoms in total. The lowest BCUT2D eigenvalue weighted by Crippen LogP contribution is -2.57. The van der Waals surface area contributed by atoms with Gasteiger partial charge < -0.3 is 25.2 Å². The summed E-state index contributed by atoms with van der Waals surface area (Å²) in [6.07, 6.45) is -2.52. The van der Waals surface area contributed by atoms with E-state index in [1.165, 1.54) is 0 Å². The monoisotopic (exact) mass is 218 g/mol. The van der Waals surface area contributed by atoms with Crippen molar-refractivity contribution in [3.8, 4) is 0 Å². The molecule has 1 unspecified atom stereocenters. The molecule has 0 saturated carbocycles. The Morgan fingerprint density at radius 3 is 2.20 bits per heavy atom. The van der Waals surface area contributed by atoms with Crippen molar-refractivity contribution in [3.63, 3.8) is 0 Å². The number of rotatable bonds is 4. The predicted octanol–water partition coefficient (Wildman–Crippen LogP) is -1.21. The number of aliphatic hydroxyl groups is 4. The van der Waals surface area contributed by atoms with Crippen LogP contribution in [0.4, 0.5) is 0 Å². The van der Waals surface area contributed by atoms with Crippen LogP contribution in [-0.4, -0.2) is 57.6 Å². The van der Waals surface area contributed by atoms with Crippen LogP contribution in [0, 0.1) is 0 Å². The van der Waals surface area contributed by atoms with Crippen molar-refractivity contribution in [2.45, 2.75) is 43.4 Å². The molecule has 15 heavy (non-hydrogen) atoms. The molecule has 0 aromatic heterocycles. The van der Waals surface area contributed by atoms with Gasteiger partial charge in [-0.25, -0.2) is 0 Å². The number of hydrogen-bond acceptors (Lipinski definition) is 5. The Kier molecular flexibility index (Phi) is 4.69. The zero-order valence-corrected chi connectivity index (χ0v) is 8.49. The first kappa shape index (κ1) is 12.6. The van der Waals surface area contributed by atoms with Crippen LogP contribution in [-0.2, 0) is 4.74 Å². The Labute approximate surface area is 88.6 Å². The van der Waals surface area contributed by atoms with Crippen molar-refractivity contribution >= 4 is 0 Å². The average Bonchev–Trinajstić information content (AvgIpc) is 2.22. The van der Waals surface area contributed by atoms with E-state index < -0.39 is 30.5 Å². The third kappa shape index (κ3) is 2.76. The molecule has 0 spiro atoms. The number of hydrogen-bond donors (Lipinski definition) is 4. The second-order valence-corrected chi connectivity index (χ2v) is 3.72. The van der Waals surface area contributed by atoms with Gasteiger partial charge >= 0.3 is 0 Å². The zero-order valence-electron chi connectivity index (χ0n) is 8.49. The zero-order chi connectivity index (χ0) is 11.4. The van der Waals surface area contributed by atoms with Gasteiger partial charge in [-0.3, -0.25) is 0 Å². The first-order chi connectivity index (χ1) is 7.11. The van der Waals surface area contributed by atoms with E-state index in [1.807, 2.05) is 0 Å². The summed E-state index contributed by atoms with van der Waals surface area (Å²) in [5, 5.41) is 37.4. The molecule has 1 heterocycles. The summed E-state index contributed by atoms with van der Waals surface area (Å²) < 4.78 is 5.37. The third-order valence-corrected chi connectivity index (χ3v) is 2.62. The minimum Gasteiger partial charge on any atom is -0.396 e. The summed E-state index contributed by atoms with van der Waals surface area (Å²) in [6.45, 7) is 3.39. The molecule has 1 fully saturated rings. The van der Waals surface area contributed by atoms with Gasteiger partial charge in [0.2, 0.25) is 0 Å². The van der Waals surface area contributed by atoms with Crippen molar-refractivity contribution in [2.24, 2.45) is 0 Å². The Morgan fingerprint density at radius 2 is 1.67 bits per heavy atom. The quantitative estimate of drug-likeness (QED) is 0.445. The maximum absolute atomic E-state index is 9.58. The van der Waals surface area contributed by atoms with Gasteiger partial charge in [-0.05, 0) is 12.8 Å². The molecule has 0 bridgehead atoms. The molecule has 1 rings (SSSR count). The molecular formula is C10H18O5. The average molecular weight is 218 g/mol. The van der Waals surface area contributed by atoms with Crippen LogP contribution in [0.3, 0.4) is 0 Å². The predicted molar refractivity (Wildman–Crippen MR) is 53.2 cm³/mol. The minimum absolute atomic E-state index is 0.134. The molecule has 0 radical (unpaired) electrons. The van der Waals surface area contributed by atoms with E-state index >= 15 is 0 Å². The van der Waals surface area contributed by atoms with E-state index in [0.29, 0.717) is 6.42 Å². The highest BCUT2D eigenvalue weighted by molar-refractivity contribution is 4.94. The van der Waals surface area contributed by atoms with Crippen LogP contribution in [0.2, 0.25) is 0 Å². The first-order valence-corrected chi connectivity index (χ1v) is 5.03. The second-order valence-electron chi connectivity index (χ2n) is 3.72. The van der Waals surface area contributed by atoms with Crippen LogP contribution in [0.15, 0.2) is 12.7 Å². The largest absolute Gasteiger partial charge is 0.396 e. The standard InChI is InChI=1S/C10H18O5/c1-2-3-6-8(12)10(14)9(13)7(15-6)4-5-11/h2,6-14H,1,3-5H2/t6?,7-,8-,9-,10-/m1/s1. The Hall–Kier alpha value is -0.460. The highest BCUT2D eigenvalue weighted by atomic mass is 16.5. The summed E-state index contributed by atoms with van der Waals surface area (Å²) >= 11 is 0. The van der Waals surface area contributed by atoms with Crippen molar-refractivity contribution in [1.82, 2.24) is 0 Å². The maximum Gasteiger partial charge on any atom is 0.111 e. The Balaban J connectivity index is 2.66. The molecule has 4 N–H and O–H groups in total. The fraction of sp³-hybridized carbons (Fsp3) is 0.800. The molecule has 5 heteroatoms. The summed E-state index contributed by atoms with van der Waals surface area (Å²) in [7, 11) is 0. The third-order valence-electron chi connectivity index (χ3n) is 2.62. The Morgan fingerprint density at radius 1 is 1.07 bits per heavy atom. The van der Waals surface area contributed by atoms with Crippen molar-refractivity contribution in [3.05, 3.63) is 12.7 Å². The molecule has 0 aromatic rings. The SMILES string of the molecule is C=CCC1O[C@H](CCO)[C@@H](O)[C@H](O)[C@@H]1O. The number of aliphatic hydroxyl groups excluding tert-OH is 4. The second kappa shape index (κ2) is 5.58. The van der Waals surface area contributed by atoms with Crippen molar-refractivity contribution in [1.29, 1.82) is 0 Å².